The lowest BCUT2D eigenvalue weighted by Gasteiger charge is -2.31. The summed E-state index contributed by atoms with van der Waals surface area (Å²) in [6, 6.07) is 1.09. The van der Waals surface area contributed by atoms with E-state index >= 15 is 0 Å². The molecule has 1 aliphatic carbocycles. The molecule has 1 saturated carbocycles. The number of nitrogens with two attached hydrogens (primary N) is 1. The van der Waals surface area contributed by atoms with Crippen molar-refractivity contribution in [2.45, 2.75) is 64.0 Å². The molecule has 1 aliphatic rings. The summed E-state index contributed by atoms with van der Waals surface area (Å²) in [5, 5.41) is 3.74. The number of methoxy groups -OCH3 is 1. The summed E-state index contributed by atoms with van der Waals surface area (Å²) in [6.07, 6.45) is 9.25. The maximum absolute atomic E-state index is 5.58. The van der Waals surface area contributed by atoms with Gasteiger partial charge in [0.2, 0.25) is 0 Å². The SMILES string of the molecule is COCC(CCCN)N[C@@H](C)C1CCCCC1. The van der Waals surface area contributed by atoms with Crippen molar-refractivity contribution in [3.05, 3.63) is 0 Å². The molecular weight excluding hydrogens is 212 g/mol. The van der Waals surface area contributed by atoms with Gasteiger partial charge in [0, 0.05) is 19.2 Å². The molecule has 0 aromatic rings. The summed E-state index contributed by atoms with van der Waals surface area (Å²) in [6.45, 7) is 3.91. The minimum atomic E-state index is 0.473. The van der Waals surface area contributed by atoms with Gasteiger partial charge in [-0.15, -0.1) is 0 Å². The molecule has 0 aromatic carbocycles. The molecule has 102 valence electrons. The van der Waals surface area contributed by atoms with Crippen LogP contribution in [0.4, 0.5) is 0 Å². The highest BCUT2D eigenvalue weighted by atomic mass is 16.5. The van der Waals surface area contributed by atoms with Gasteiger partial charge in [0.15, 0.2) is 0 Å². The highest BCUT2D eigenvalue weighted by Gasteiger charge is 2.22. The molecule has 0 aliphatic heterocycles. The van der Waals surface area contributed by atoms with E-state index in [1.807, 2.05) is 0 Å². The van der Waals surface area contributed by atoms with Gasteiger partial charge in [-0.3, -0.25) is 0 Å². The number of nitrogens with one attached hydrogen (secondary N) is 1. The Hall–Kier alpha value is -0.120. The normalized spacial score (nSPS) is 21.4. The van der Waals surface area contributed by atoms with Gasteiger partial charge < -0.3 is 15.8 Å². The molecule has 0 bridgehead atoms. The van der Waals surface area contributed by atoms with Gasteiger partial charge in [-0.1, -0.05) is 19.3 Å². The monoisotopic (exact) mass is 242 g/mol. The Morgan fingerprint density at radius 1 is 1.29 bits per heavy atom. The molecular formula is C14H30N2O. The first-order valence-electron chi connectivity index (χ1n) is 7.23. The van der Waals surface area contributed by atoms with Crippen molar-refractivity contribution >= 4 is 0 Å². The third-order valence-corrected chi connectivity index (χ3v) is 3.98. The van der Waals surface area contributed by atoms with E-state index in [1.165, 1.54) is 32.1 Å². The molecule has 0 amide bonds. The van der Waals surface area contributed by atoms with Crippen LogP contribution in [0, 0.1) is 5.92 Å². The van der Waals surface area contributed by atoms with Crippen LogP contribution in [0.25, 0.3) is 0 Å². The first kappa shape index (κ1) is 14.9. The minimum Gasteiger partial charge on any atom is -0.383 e. The van der Waals surface area contributed by atoms with Crippen molar-refractivity contribution in [1.29, 1.82) is 0 Å². The average Bonchev–Trinajstić information content (AvgIpc) is 2.37. The molecule has 0 spiro atoms. The van der Waals surface area contributed by atoms with Crippen molar-refractivity contribution in [2.24, 2.45) is 11.7 Å². The lowest BCUT2D eigenvalue weighted by atomic mass is 9.84. The Morgan fingerprint density at radius 3 is 2.59 bits per heavy atom. The zero-order chi connectivity index (χ0) is 12.5. The second kappa shape index (κ2) is 8.90. The quantitative estimate of drug-likeness (QED) is 0.686. The standard InChI is InChI=1S/C14H30N2O/c1-12(13-7-4-3-5-8-13)16-14(11-17-2)9-6-10-15/h12-14,16H,3-11,15H2,1-2H3/t12-,14?/m0/s1. The molecule has 0 saturated heterocycles. The fourth-order valence-electron chi connectivity index (χ4n) is 2.92. The zero-order valence-electron chi connectivity index (χ0n) is 11.6. The molecule has 0 radical (unpaired) electrons. The van der Waals surface area contributed by atoms with Crippen molar-refractivity contribution in [3.63, 3.8) is 0 Å². The third-order valence-electron chi connectivity index (χ3n) is 3.98. The van der Waals surface area contributed by atoms with Gasteiger partial charge in [-0.2, -0.15) is 0 Å². The van der Waals surface area contributed by atoms with Crippen molar-refractivity contribution < 1.29 is 4.74 Å². The van der Waals surface area contributed by atoms with Crippen LogP contribution in [0.2, 0.25) is 0 Å². The van der Waals surface area contributed by atoms with Gasteiger partial charge >= 0.3 is 0 Å². The minimum absolute atomic E-state index is 0.473. The lowest BCUT2D eigenvalue weighted by molar-refractivity contribution is 0.145. The summed E-state index contributed by atoms with van der Waals surface area (Å²) < 4.78 is 5.29. The number of ether oxygens (including phenoxy) is 1. The van der Waals surface area contributed by atoms with Crippen molar-refractivity contribution in [1.82, 2.24) is 5.32 Å². The molecule has 0 heterocycles. The van der Waals surface area contributed by atoms with Gasteiger partial charge in [0.05, 0.1) is 6.61 Å². The molecule has 2 atom stereocenters. The molecule has 17 heavy (non-hydrogen) atoms. The van der Waals surface area contributed by atoms with Crippen LogP contribution in [0.3, 0.4) is 0 Å². The van der Waals surface area contributed by atoms with Gasteiger partial charge in [0.1, 0.15) is 0 Å². The molecule has 3 N–H and O–H groups in total. The second-order valence-electron chi connectivity index (χ2n) is 5.44. The molecule has 1 unspecified atom stereocenters. The Morgan fingerprint density at radius 2 is 2.00 bits per heavy atom. The Bertz CT molecular complexity index is 181. The van der Waals surface area contributed by atoms with Crippen LogP contribution in [0.15, 0.2) is 0 Å². The van der Waals surface area contributed by atoms with Gasteiger partial charge in [-0.05, 0) is 45.1 Å². The average molecular weight is 242 g/mol. The summed E-state index contributed by atoms with van der Waals surface area (Å²) in [5.41, 5.74) is 5.58. The van der Waals surface area contributed by atoms with Crippen LogP contribution < -0.4 is 11.1 Å². The van der Waals surface area contributed by atoms with E-state index in [-0.39, 0.29) is 0 Å². The summed E-state index contributed by atoms with van der Waals surface area (Å²) in [4.78, 5) is 0. The molecule has 3 nitrogen and oxygen atoms in total. The Balaban J connectivity index is 2.30. The number of hydrogen-bond donors (Lipinski definition) is 2. The van der Waals surface area contributed by atoms with E-state index in [4.69, 9.17) is 10.5 Å². The van der Waals surface area contributed by atoms with Crippen molar-refractivity contribution in [2.75, 3.05) is 20.3 Å². The third kappa shape index (κ3) is 5.84. The van der Waals surface area contributed by atoms with E-state index in [2.05, 4.69) is 12.2 Å². The Kier molecular flexibility index (Phi) is 7.82. The second-order valence-corrected chi connectivity index (χ2v) is 5.44. The predicted molar refractivity (Wildman–Crippen MR) is 73.1 cm³/mol. The van der Waals surface area contributed by atoms with Crippen LogP contribution in [0.1, 0.15) is 51.9 Å². The topological polar surface area (TPSA) is 47.3 Å². The van der Waals surface area contributed by atoms with E-state index in [0.717, 1.165) is 31.9 Å². The van der Waals surface area contributed by atoms with Crippen molar-refractivity contribution in [3.8, 4) is 0 Å². The smallest absolute Gasteiger partial charge is 0.0615 e. The van der Waals surface area contributed by atoms with Crippen LogP contribution >= 0.6 is 0 Å². The highest BCUT2D eigenvalue weighted by Crippen LogP contribution is 2.26. The number of hydrogen-bond acceptors (Lipinski definition) is 3. The fraction of sp³-hybridized carbons (Fsp3) is 1.00. The molecule has 1 fully saturated rings. The summed E-state index contributed by atoms with van der Waals surface area (Å²) in [7, 11) is 1.78. The first-order valence-corrected chi connectivity index (χ1v) is 7.23. The fourth-order valence-corrected chi connectivity index (χ4v) is 2.92. The molecule has 0 aromatic heterocycles. The Labute approximate surface area is 106 Å². The van der Waals surface area contributed by atoms with Crippen LogP contribution in [-0.4, -0.2) is 32.3 Å². The van der Waals surface area contributed by atoms with Gasteiger partial charge in [0.25, 0.3) is 0 Å². The van der Waals surface area contributed by atoms with Gasteiger partial charge in [-0.25, -0.2) is 0 Å². The molecule has 1 rings (SSSR count). The van der Waals surface area contributed by atoms with E-state index in [9.17, 15) is 0 Å². The largest absolute Gasteiger partial charge is 0.383 e. The van der Waals surface area contributed by atoms with E-state index < -0.39 is 0 Å². The number of rotatable bonds is 8. The first-order chi connectivity index (χ1) is 8.27. The summed E-state index contributed by atoms with van der Waals surface area (Å²) >= 11 is 0. The van der Waals surface area contributed by atoms with Crippen LogP contribution in [-0.2, 0) is 4.74 Å². The maximum atomic E-state index is 5.58. The predicted octanol–water partition coefficient (Wildman–Crippen LogP) is 2.30. The molecule has 3 heteroatoms. The summed E-state index contributed by atoms with van der Waals surface area (Å²) in [5.74, 6) is 0.862. The lowest BCUT2D eigenvalue weighted by Crippen LogP contribution is -2.44. The highest BCUT2D eigenvalue weighted by molar-refractivity contribution is 4.79. The van der Waals surface area contributed by atoms with Crippen LogP contribution in [0.5, 0.6) is 0 Å². The van der Waals surface area contributed by atoms with E-state index in [0.29, 0.717) is 12.1 Å². The van der Waals surface area contributed by atoms with E-state index in [1.54, 1.807) is 7.11 Å². The zero-order valence-corrected chi connectivity index (χ0v) is 11.6. The maximum Gasteiger partial charge on any atom is 0.0615 e.